The molecule has 0 aliphatic rings. The predicted octanol–water partition coefficient (Wildman–Crippen LogP) is 3.71. The number of nitrogens with one attached hydrogen (secondary N) is 1. The first-order valence-electron chi connectivity index (χ1n) is 5.87. The Hall–Kier alpha value is -2.14. The molecule has 0 aromatic heterocycles. The molecule has 0 saturated heterocycles. The van der Waals surface area contributed by atoms with Crippen molar-refractivity contribution in [1.29, 1.82) is 0 Å². The highest BCUT2D eigenvalue weighted by Crippen LogP contribution is 2.19. The summed E-state index contributed by atoms with van der Waals surface area (Å²) in [6.45, 7) is 1.92. The molecule has 0 radical (unpaired) electrons. The molecule has 4 nitrogen and oxygen atoms in total. The number of carboxylic acids is 1. The molecule has 2 N–H and O–H groups in total. The van der Waals surface area contributed by atoms with E-state index in [0.717, 1.165) is 10.0 Å². The van der Waals surface area contributed by atoms with Gasteiger partial charge in [-0.15, -0.1) is 0 Å². The van der Waals surface area contributed by atoms with Crippen LogP contribution in [0.15, 0.2) is 46.9 Å². The number of carbonyl (C=O) groups is 2. The van der Waals surface area contributed by atoms with Gasteiger partial charge >= 0.3 is 5.97 Å². The van der Waals surface area contributed by atoms with E-state index in [1.54, 1.807) is 18.2 Å². The summed E-state index contributed by atoms with van der Waals surface area (Å²) in [5, 5.41) is 11.7. The van der Waals surface area contributed by atoms with Crippen molar-refractivity contribution >= 4 is 33.5 Å². The van der Waals surface area contributed by atoms with Crippen LogP contribution in [0.2, 0.25) is 0 Å². The number of hydrogen-bond acceptors (Lipinski definition) is 2. The van der Waals surface area contributed by atoms with Crippen molar-refractivity contribution in [2.75, 3.05) is 5.32 Å². The van der Waals surface area contributed by atoms with E-state index in [4.69, 9.17) is 5.11 Å². The first-order chi connectivity index (χ1) is 9.45. The summed E-state index contributed by atoms with van der Waals surface area (Å²) in [7, 11) is 0. The third-order valence-electron chi connectivity index (χ3n) is 2.67. The van der Waals surface area contributed by atoms with Crippen LogP contribution in [0, 0.1) is 6.92 Å². The largest absolute Gasteiger partial charge is 0.478 e. The monoisotopic (exact) mass is 333 g/mol. The van der Waals surface area contributed by atoms with Gasteiger partial charge in [-0.3, -0.25) is 4.79 Å². The van der Waals surface area contributed by atoms with E-state index in [1.807, 2.05) is 19.1 Å². The van der Waals surface area contributed by atoms with E-state index >= 15 is 0 Å². The van der Waals surface area contributed by atoms with Crippen LogP contribution in [-0.2, 0) is 0 Å². The SMILES string of the molecule is Cc1cc(Br)cc(NC(=O)c2cccc(C(=O)O)c2)c1. The maximum atomic E-state index is 12.1. The molecule has 102 valence electrons. The molecular weight excluding hydrogens is 322 g/mol. The molecule has 5 heteroatoms. The lowest BCUT2D eigenvalue weighted by Crippen LogP contribution is -2.13. The molecule has 0 bridgehead atoms. The summed E-state index contributed by atoms with van der Waals surface area (Å²) in [4.78, 5) is 23.0. The molecule has 0 heterocycles. The number of rotatable bonds is 3. The lowest BCUT2D eigenvalue weighted by atomic mass is 10.1. The zero-order valence-electron chi connectivity index (χ0n) is 10.7. The van der Waals surface area contributed by atoms with E-state index in [1.165, 1.54) is 12.1 Å². The van der Waals surface area contributed by atoms with E-state index < -0.39 is 5.97 Å². The third kappa shape index (κ3) is 3.45. The molecule has 2 rings (SSSR count). The van der Waals surface area contributed by atoms with Crippen LogP contribution in [0.3, 0.4) is 0 Å². The second-order valence-corrected chi connectivity index (χ2v) is 5.27. The number of carboxylic acid groups (broad SMARTS) is 1. The van der Waals surface area contributed by atoms with Crippen molar-refractivity contribution < 1.29 is 14.7 Å². The quantitative estimate of drug-likeness (QED) is 0.899. The summed E-state index contributed by atoms with van der Waals surface area (Å²) in [5.41, 5.74) is 2.06. The molecular formula is C15H12BrNO3. The van der Waals surface area contributed by atoms with Crippen LogP contribution in [0.5, 0.6) is 0 Å². The smallest absolute Gasteiger partial charge is 0.335 e. The zero-order chi connectivity index (χ0) is 14.7. The molecule has 0 saturated carbocycles. The normalized spacial score (nSPS) is 10.1. The van der Waals surface area contributed by atoms with Crippen LogP contribution < -0.4 is 5.32 Å². The zero-order valence-corrected chi connectivity index (χ0v) is 12.3. The number of carbonyl (C=O) groups excluding carboxylic acids is 1. The fourth-order valence-corrected chi connectivity index (χ4v) is 2.41. The fourth-order valence-electron chi connectivity index (χ4n) is 1.81. The molecule has 0 spiro atoms. The van der Waals surface area contributed by atoms with Crippen molar-refractivity contribution in [1.82, 2.24) is 0 Å². The summed E-state index contributed by atoms with van der Waals surface area (Å²) < 4.78 is 0.868. The maximum absolute atomic E-state index is 12.1. The van der Waals surface area contributed by atoms with Gasteiger partial charge in [-0.1, -0.05) is 22.0 Å². The van der Waals surface area contributed by atoms with Crippen molar-refractivity contribution in [3.05, 3.63) is 63.6 Å². The van der Waals surface area contributed by atoms with Crippen LogP contribution in [0.4, 0.5) is 5.69 Å². The number of amides is 1. The molecule has 0 aliphatic carbocycles. The number of aromatic carboxylic acids is 1. The average molecular weight is 334 g/mol. The highest BCUT2D eigenvalue weighted by Gasteiger charge is 2.10. The van der Waals surface area contributed by atoms with Gasteiger partial charge in [0.1, 0.15) is 0 Å². The van der Waals surface area contributed by atoms with Crippen LogP contribution in [-0.4, -0.2) is 17.0 Å². The van der Waals surface area contributed by atoms with Crippen molar-refractivity contribution in [3.63, 3.8) is 0 Å². The summed E-state index contributed by atoms with van der Waals surface area (Å²) in [6.07, 6.45) is 0. The summed E-state index contributed by atoms with van der Waals surface area (Å²) in [6, 6.07) is 11.5. The number of benzene rings is 2. The van der Waals surface area contributed by atoms with E-state index in [9.17, 15) is 9.59 Å². The molecule has 2 aromatic rings. The molecule has 20 heavy (non-hydrogen) atoms. The van der Waals surface area contributed by atoms with E-state index in [-0.39, 0.29) is 11.5 Å². The minimum Gasteiger partial charge on any atom is -0.478 e. The highest BCUT2D eigenvalue weighted by atomic mass is 79.9. The second-order valence-electron chi connectivity index (χ2n) is 4.36. The molecule has 0 aliphatic heterocycles. The van der Waals surface area contributed by atoms with Gasteiger partial charge in [0.2, 0.25) is 0 Å². The number of hydrogen-bond donors (Lipinski definition) is 2. The predicted molar refractivity (Wildman–Crippen MR) is 80.2 cm³/mol. The van der Waals surface area contributed by atoms with Crippen molar-refractivity contribution in [3.8, 4) is 0 Å². The van der Waals surface area contributed by atoms with Gasteiger partial charge in [-0.05, 0) is 48.9 Å². The number of anilines is 1. The topological polar surface area (TPSA) is 66.4 Å². The van der Waals surface area contributed by atoms with Gasteiger partial charge in [0, 0.05) is 15.7 Å². The number of aryl methyl sites for hydroxylation is 1. The minimum atomic E-state index is -1.06. The Kier molecular flexibility index (Phi) is 4.20. The first kappa shape index (κ1) is 14.3. The van der Waals surface area contributed by atoms with Gasteiger partial charge < -0.3 is 10.4 Å². The lowest BCUT2D eigenvalue weighted by Gasteiger charge is -2.07. The van der Waals surface area contributed by atoms with E-state index in [0.29, 0.717) is 11.3 Å². The fraction of sp³-hybridized carbons (Fsp3) is 0.0667. The summed E-state index contributed by atoms with van der Waals surface area (Å²) in [5.74, 6) is -1.40. The van der Waals surface area contributed by atoms with Gasteiger partial charge in [0.25, 0.3) is 5.91 Å². The van der Waals surface area contributed by atoms with E-state index in [2.05, 4.69) is 21.2 Å². The lowest BCUT2D eigenvalue weighted by molar-refractivity contribution is 0.0697. The molecule has 0 unspecified atom stereocenters. The standard InChI is InChI=1S/C15H12BrNO3/c1-9-5-12(16)8-13(6-9)17-14(18)10-3-2-4-11(7-10)15(19)20/h2-8H,1H3,(H,17,18)(H,19,20). The van der Waals surface area contributed by atoms with Gasteiger partial charge in [-0.2, -0.15) is 0 Å². The molecule has 1 amide bonds. The molecule has 0 fully saturated rings. The van der Waals surface area contributed by atoms with Gasteiger partial charge in [-0.25, -0.2) is 4.79 Å². The number of halogens is 1. The third-order valence-corrected chi connectivity index (χ3v) is 3.13. The van der Waals surface area contributed by atoms with Crippen LogP contribution in [0.1, 0.15) is 26.3 Å². The van der Waals surface area contributed by atoms with Crippen molar-refractivity contribution in [2.45, 2.75) is 6.92 Å². The Morgan fingerprint density at radius 3 is 2.45 bits per heavy atom. The Balaban J connectivity index is 2.23. The summed E-state index contributed by atoms with van der Waals surface area (Å²) >= 11 is 3.36. The Morgan fingerprint density at radius 2 is 1.80 bits per heavy atom. The van der Waals surface area contributed by atoms with Crippen LogP contribution in [0.25, 0.3) is 0 Å². The van der Waals surface area contributed by atoms with Gasteiger partial charge in [0.15, 0.2) is 0 Å². The van der Waals surface area contributed by atoms with Crippen LogP contribution >= 0.6 is 15.9 Å². The Morgan fingerprint density at radius 1 is 1.10 bits per heavy atom. The first-order valence-corrected chi connectivity index (χ1v) is 6.67. The Labute approximate surface area is 124 Å². The van der Waals surface area contributed by atoms with Crippen molar-refractivity contribution in [2.24, 2.45) is 0 Å². The maximum Gasteiger partial charge on any atom is 0.335 e. The molecule has 0 atom stereocenters. The Bertz CT molecular complexity index is 662. The highest BCUT2D eigenvalue weighted by molar-refractivity contribution is 9.10. The minimum absolute atomic E-state index is 0.0862. The second kappa shape index (κ2) is 5.88. The molecule has 2 aromatic carbocycles. The average Bonchev–Trinajstić information content (AvgIpc) is 2.37. The van der Waals surface area contributed by atoms with Gasteiger partial charge in [0.05, 0.1) is 5.56 Å².